The third kappa shape index (κ3) is 5.68. The Morgan fingerprint density at radius 2 is 1.78 bits per heavy atom. The summed E-state index contributed by atoms with van der Waals surface area (Å²) in [5.74, 6) is -0.0793. The van der Waals surface area contributed by atoms with E-state index < -0.39 is 46.4 Å². The van der Waals surface area contributed by atoms with E-state index in [0.717, 1.165) is 21.6 Å². The lowest BCUT2D eigenvalue weighted by molar-refractivity contribution is -0.136. The topological polar surface area (TPSA) is 117 Å². The number of alkyl halides is 3. The zero-order chi connectivity index (χ0) is 27.7. The van der Waals surface area contributed by atoms with Gasteiger partial charge in [0.05, 0.1) is 28.2 Å². The fraction of sp³-hybridized carbons (Fsp3) is 0.360. The molecule has 198 valence electrons. The summed E-state index contributed by atoms with van der Waals surface area (Å²) in [4.78, 5) is 43.4. The van der Waals surface area contributed by atoms with Gasteiger partial charge in [0.25, 0.3) is 5.56 Å². The van der Waals surface area contributed by atoms with Gasteiger partial charge in [-0.2, -0.15) is 13.2 Å². The molecule has 1 heterocycles. The van der Waals surface area contributed by atoms with Crippen LogP contribution in [-0.4, -0.2) is 43.8 Å². The van der Waals surface area contributed by atoms with Crippen LogP contribution in [-0.2, 0) is 6.18 Å². The first-order chi connectivity index (χ1) is 17.2. The molecule has 0 bridgehead atoms. The van der Waals surface area contributed by atoms with Crippen molar-refractivity contribution in [2.45, 2.75) is 52.4 Å². The molecule has 1 unspecified atom stereocenters. The lowest BCUT2D eigenvalue weighted by Gasteiger charge is -2.38. The van der Waals surface area contributed by atoms with Gasteiger partial charge in [0.1, 0.15) is 5.82 Å². The highest BCUT2D eigenvalue weighted by Crippen LogP contribution is 2.35. The number of amides is 3. The molecule has 3 rings (SSSR count). The van der Waals surface area contributed by atoms with Gasteiger partial charge in [0.2, 0.25) is 0 Å². The monoisotopic (exact) mass is 519 g/mol. The number of carbonyl (C=O) groups is 2. The van der Waals surface area contributed by atoms with Gasteiger partial charge in [-0.25, -0.2) is 14.6 Å². The molecule has 0 saturated carbocycles. The van der Waals surface area contributed by atoms with Gasteiger partial charge in [-0.15, -0.1) is 0 Å². The van der Waals surface area contributed by atoms with E-state index in [0.29, 0.717) is 6.54 Å². The highest BCUT2D eigenvalue weighted by atomic mass is 19.4. The fourth-order valence-electron chi connectivity index (χ4n) is 4.22. The third-order valence-corrected chi connectivity index (χ3v) is 5.62. The van der Waals surface area contributed by atoms with Crippen LogP contribution in [0, 0.1) is 0 Å². The molecule has 0 radical (unpaired) electrons. The second-order valence-corrected chi connectivity index (χ2v) is 9.34. The summed E-state index contributed by atoms with van der Waals surface area (Å²) in [6.45, 7) is 8.55. The number of benzene rings is 2. The van der Waals surface area contributed by atoms with E-state index in [2.05, 4.69) is 15.6 Å². The smallest absolute Gasteiger partial charge is 0.417 e. The van der Waals surface area contributed by atoms with Crippen LogP contribution < -0.4 is 16.2 Å². The Hall–Kier alpha value is -4.09. The molecular formula is C25H28F3N5O4. The molecule has 3 amide bonds. The maximum absolute atomic E-state index is 13.8. The molecule has 0 aliphatic rings. The minimum absolute atomic E-state index is 0.0793. The van der Waals surface area contributed by atoms with E-state index in [-0.39, 0.29) is 22.7 Å². The molecule has 37 heavy (non-hydrogen) atoms. The van der Waals surface area contributed by atoms with E-state index in [4.69, 9.17) is 0 Å². The summed E-state index contributed by atoms with van der Waals surface area (Å²) >= 11 is 0. The number of nitrogens with zero attached hydrogens (tertiary/aromatic N) is 3. The van der Waals surface area contributed by atoms with Gasteiger partial charge in [0, 0.05) is 17.8 Å². The maximum atomic E-state index is 13.8. The molecule has 9 nitrogen and oxygen atoms in total. The second kappa shape index (κ2) is 10.1. The van der Waals surface area contributed by atoms with Crippen molar-refractivity contribution < 1.29 is 27.9 Å². The SMILES string of the molecule is CCNC(=O)Nc1cccc(-n2c(C(C)N(C(=O)O)C(C)(C)C)nc3cccc(C(F)(F)F)c3c2=O)c1. The zero-order valence-electron chi connectivity index (χ0n) is 21.0. The summed E-state index contributed by atoms with van der Waals surface area (Å²) in [7, 11) is 0. The third-order valence-electron chi connectivity index (χ3n) is 5.62. The molecule has 12 heteroatoms. The Balaban J connectivity index is 2.39. The van der Waals surface area contributed by atoms with E-state index >= 15 is 0 Å². The summed E-state index contributed by atoms with van der Waals surface area (Å²) in [6, 6.07) is 7.59. The number of nitrogens with one attached hydrogen (secondary N) is 2. The number of aromatic nitrogens is 2. The van der Waals surface area contributed by atoms with Gasteiger partial charge in [0.15, 0.2) is 0 Å². The summed E-state index contributed by atoms with van der Waals surface area (Å²) in [6.07, 6.45) is -6.12. The van der Waals surface area contributed by atoms with Crippen molar-refractivity contribution in [2.24, 2.45) is 0 Å². The van der Waals surface area contributed by atoms with Gasteiger partial charge in [-0.1, -0.05) is 12.1 Å². The van der Waals surface area contributed by atoms with E-state index in [1.54, 1.807) is 33.8 Å². The largest absolute Gasteiger partial charge is 0.465 e. The minimum Gasteiger partial charge on any atom is -0.465 e. The Bertz CT molecular complexity index is 1400. The predicted octanol–water partition coefficient (Wildman–Crippen LogP) is 5.39. The van der Waals surface area contributed by atoms with Crippen LogP contribution >= 0.6 is 0 Å². The molecule has 3 aromatic rings. The highest BCUT2D eigenvalue weighted by Gasteiger charge is 2.37. The minimum atomic E-state index is -4.83. The van der Waals surface area contributed by atoms with Gasteiger partial charge < -0.3 is 15.7 Å². The van der Waals surface area contributed by atoms with Crippen molar-refractivity contribution in [3.05, 3.63) is 64.2 Å². The van der Waals surface area contributed by atoms with E-state index in [1.807, 2.05) is 0 Å². The first-order valence-electron chi connectivity index (χ1n) is 11.5. The lowest BCUT2D eigenvalue weighted by atomic mass is 10.0. The van der Waals surface area contributed by atoms with Crippen molar-refractivity contribution >= 4 is 28.7 Å². The number of hydrogen-bond donors (Lipinski definition) is 3. The maximum Gasteiger partial charge on any atom is 0.417 e. The van der Waals surface area contributed by atoms with Crippen LogP contribution in [0.5, 0.6) is 0 Å². The average molecular weight is 520 g/mol. The fourth-order valence-corrected chi connectivity index (χ4v) is 4.22. The van der Waals surface area contributed by atoms with E-state index in [9.17, 15) is 32.7 Å². The van der Waals surface area contributed by atoms with Crippen molar-refractivity contribution in [1.82, 2.24) is 19.8 Å². The number of hydrogen-bond acceptors (Lipinski definition) is 4. The number of halogens is 3. The Morgan fingerprint density at radius 3 is 2.35 bits per heavy atom. The lowest BCUT2D eigenvalue weighted by Crippen LogP contribution is -2.47. The van der Waals surface area contributed by atoms with E-state index in [1.165, 1.54) is 31.2 Å². The summed E-state index contributed by atoms with van der Waals surface area (Å²) < 4.78 is 42.5. The van der Waals surface area contributed by atoms with Crippen molar-refractivity contribution in [1.29, 1.82) is 0 Å². The molecule has 0 fully saturated rings. The molecule has 0 aliphatic carbocycles. The molecular weight excluding hydrogens is 491 g/mol. The van der Waals surface area contributed by atoms with Gasteiger partial charge in [-0.05, 0) is 65.0 Å². The Labute approximate surface area is 210 Å². The number of anilines is 1. The quantitative estimate of drug-likeness (QED) is 0.418. The summed E-state index contributed by atoms with van der Waals surface area (Å²) in [5, 5.41) is 14.4. The molecule has 2 aromatic carbocycles. The molecule has 3 N–H and O–H groups in total. The molecule has 1 aromatic heterocycles. The van der Waals surface area contributed by atoms with Crippen molar-refractivity contribution in [2.75, 3.05) is 11.9 Å². The van der Waals surface area contributed by atoms with Crippen LogP contribution in [0.25, 0.3) is 16.6 Å². The molecule has 0 spiro atoms. The van der Waals surface area contributed by atoms with Crippen molar-refractivity contribution in [3.8, 4) is 5.69 Å². The van der Waals surface area contributed by atoms with Crippen LogP contribution in [0.2, 0.25) is 0 Å². The van der Waals surface area contributed by atoms with Crippen LogP contribution in [0.3, 0.4) is 0 Å². The Kier molecular flexibility index (Phi) is 7.51. The van der Waals surface area contributed by atoms with Crippen LogP contribution in [0.15, 0.2) is 47.3 Å². The standard InChI is InChI=1S/C25H28F3N5O4/c1-6-29-22(35)30-15-9-7-10-16(13-15)32-20(14(2)33(23(36)37)24(3,4)5)31-18-12-8-11-17(25(26,27)28)19(18)21(32)34/h7-14H,6H2,1-5H3,(H,36,37)(H2,29,30,35). The Morgan fingerprint density at radius 1 is 1.14 bits per heavy atom. The molecule has 0 saturated heterocycles. The van der Waals surface area contributed by atoms with Gasteiger partial charge >= 0.3 is 18.3 Å². The molecule has 1 atom stereocenters. The number of urea groups is 1. The van der Waals surface area contributed by atoms with Crippen LogP contribution in [0.4, 0.5) is 28.4 Å². The number of carbonyl (C=O) groups excluding carboxylic acids is 1. The highest BCUT2D eigenvalue weighted by molar-refractivity contribution is 5.89. The number of rotatable bonds is 5. The van der Waals surface area contributed by atoms with Crippen molar-refractivity contribution in [3.63, 3.8) is 0 Å². The summed E-state index contributed by atoms with van der Waals surface area (Å²) in [5.41, 5.74) is -2.95. The first kappa shape index (κ1) is 27.5. The number of carboxylic acid groups (broad SMARTS) is 1. The van der Waals surface area contributed by atoms with Crippen LogP contribution in [0.1, 0.15) is 52.0 Å². The second-order valence-electron chi connectivity index (χ2n) is 9.34. The normalized spacial score (nSPS) is 12.8. The first-order valence-corrected chi connectivity index (χ1v) is 11.5. The zero-order valence-corrected chi connectivity index (χ0v) is 21.0. The number of fused-ring (bicyclic) bond motifs is 1. The predicted molar refractivity (Wildman–Crippen MR) is 133 cm³/mol. The average Bonchev–Trinajstić information content (AvgIpc) is 2.77. The molecule has 0 aliphatic heterocycles. The van der Waals surface area contributed by atoms with Gasteiger partial charge in [-0.3, -0.25) is 14.3 Å².